The van der Waals surface area contributed by atoms with Crippen molar-refractivity contribution >= 4 is 34.8 Å². The molecule has 2 rings (SSSR count). The third-order valence-electron chi connectivity index (χ3n) is 2.85. The second kappa shape index (κ2) is 5.71. The third-order valence-corrected chi connectivity index (χ3v) is 3.59. The minimum atomic E-state index is 0.0376. The van der Waals surface area contributed by atoms with E-state index >= 15 is 0 Å². The highest BCUT2D eigenvalue weighted by Gasteiger charge is 2.20. The Balaban J connectivity index is 1.99. The molecule has 1 atom stereocenters. The first kappa shape index (κ1) is 12.7. The number of benzene rings is 1. The van der Waals surface area contributed by atoms with Gasteiger partial charge in [0.15, 0.2) is 0 Å². The maximum atomic E-state index is 11.9. The molecule has 0 radical (unpaired) electrons. The summed E-state index contributed by atoms with van der Waals surface area (Å²) in [6.07, 6.45) is 1.97. The van der Waals surface area contributed by atoms with Crippen LogP contribution in [0.5, 0.6) is 0 Å². The predicted octanol–water partition coefficient (Wildman–Crippen LogP) is 2.93. The fourth-order valence-corrected chi connectivity index (χ4v) is 2.19. The van der Waals surface area contributed by atoms with Gasteiger partial charge >= 0.3 is 0 Å². The molecular weight excluding hydrogens is 259 g/mol. The number of amides is 1. The number of halogens is 2. The fourth-order valence-electron chi connectivity index (χ4n) is 1.89. The molecule has 0 aromatic heterocycles. The highest BCUT2D eigenvalue weighted by atomic mass is 35.5. The Labute approximate surface area is 110 Å². The maximum Gasteiger partial charge on any atom is 0.228 e. The van der Waals surface area contributed by atoms with Crippen molar-refractivity contribution < 1.29 is 4.79 Å². The molecule has 1 aliphatic rings. The molecule has 0 bridgehead atoms. The Morgan fingerprint density at radius 2 is 2.18 bits per heavy atom. The number of hydrogen-bond acceptors (Lipinski definition) is 2. The number of rotatable bonds is 2. The molecule has 0 unspecified atom stereocenters. The summed E-state index contributed by atoms with van der Waals surface area (Å²) in [6, 6.07) is 5.10. The van der Waals surface area contributed by atoms with Crippen LogP contribution in [0.3, 0.4) is 0 Å². The van der Waals surface area contributed by atoms with Crippen LogP contribution in [0.4, 0.5) is 5.69 Å². The monoisotopic (exact) mass is 272 g/mol. The molecule has 1 aromatic carbocycles. The van der Waals surface area contributed by atoms with Gasteiger partial charge in [-0.1, -0.05) is 23.2 Å². The number of carbonyl (C=O) groups excluding carboxylic acids is 1. The molecule has 17 heavy (non-hydrogen) atoms. The van der Waals surface area contributed by atoms with E-state index in [9.17, 15) is 4.79 Å². The smallest absolute Gasteiger partial charge is 0.228 e. The van der Waals surface area contributed by atoms with E-state index in [1.807, 2.05) is 0 Å². The Bertz CT molecular complexity index is 417. The fraction of sp³-hybridized carbons (Fsp3) is 0.417. The van der Waals surface area contributed by atoms with Gasteiger partial charge in [0, 0.05) is 12.2 Å². The molecule has 0 spiro atoms. The van der Waals surface area contributed by atoms with E-state index in [0.717, 1.165) is 25.9 Å². The van der Waals surface area contributed by atoms with Crippen molar-refractivity contribution in [2.75, 3.05) is 18.4 Å². The van der Waals surface area contributed by atoms with Crippen LogP contribution in [0.15, 0.2) is 18.2 Å². The summed E-state index contributed by atoms with van der Waals surface area (Å²) in [6.45, 7) is 1.74. The molecule has 2 N–H and O–H groups in total. The zero-order chi connectivity index (χ0) is 12.3. The summed E-state index contributed by atoms with van der Waals surface area (Å²) in [7, 11) is 0. The number of piperidine rings is 1. The van der Waals surface area contributed by atoms with E-state index in [2.05, 4.69) is 10.6 Å². The minimum Gasteiger partial charge on any atom is -0.326 e. The molecule has 1 amide bonds. The summed E-state index contributed by atoms with van der Waals surface area (Å²) >= 11 is 11.7. The Morgan fingerprint density at radius 3 is 2.82 bits per heavy atom. The molecule has 1 heterocycles. The first-order valence-corrected chi connectivity index (χ1v) is 6.39. The van der Waals surface area contributed by atoms with E-state index in [-0.39, 0.29) is 11.8 Å². The third kappa shape index (κ3) is 3.35. The van der Waals surface area contributed by atoms with E-state index in [1.165, 1.54) is 0 Å². The lowest BCUT2D eigenvalue weighted by molar-refractivity contribution is -0.120. The summed E-state index contributed by atoms with van der Waals surface area (Å²) in [4.78, 5) is 11.9. The summed E-state index contributed by atoms with van der Waals surface area (Å²) in [5.41, 5.74) is 0.690. The summed E-state index contributed by atoms with van der Waals surface area (Å²) < 4.78 is 0. The highest BCUT2D eigenvalue weighted by molar-refractivity contribution is 6.42. The lowest BCUT2D eigenvalue weighted by atomic mass is 9.99. The van der Waals surface area contributed by atoms with E-state index in [4.69, 9.17) is 23.2 Å². The largest absolute Gasteiger partial charge is 0.326 e. The SMILES string of the molecule is O=C(Nc1ccc(Cl)c(Cl)c1)[C@@H]1CCCNC1. The lowest BCUT2D eigenvalue weighted by Crippen LogP contribution is -2.37. The molecule has 1 fully saturated rings. The summed E-state index contributed by atoms with van der Waals surface area (Å²) in [5, 5.41) is 7.01. The van der Waals surface area contributed by atoms with Crippen LogP contribution in [-0.2, 0) is 4.79 Å². The van der Waals surface area contributed by atoms with Gasteiger partial charge in [-0.2, -0.15) is 0 Å². The van der Waals surface area contributed by atoms with Crippen LogP contribution >= 0.6 is 23.2 Å². The molecule has 1 aliphatic heterocycles. The van der Waals surface area contributed by atoms with Crippen LogP contribution in [0.2, 0.25) is 10.0 Å². The predicted molar refractivity (Wildman–Crippen MR) is 70.7 cm³/mol. The average molecular weight is 273 g/mol. The normalized spacial score (nSPS) is 20.0. The van der Waals surface area contributed by atoms with E-state index in [0.29, 0.717) is 15.7 Å². The van der Waals surface area contributed by atoms with Gasteiger partial charge < -0.3 is 10.6 Å². The second-order valence-corrected chi connectivity index (χ2v) is 4.98. The number of anilines is 1. The van der Waals surface area contributed by atoms with Gasteiger partial charge in [0.1, 0.15) is 0 Å². The van der Waals surface area contributed by atoms with Gasteiger partial charge in [0.25, 0.3) is 0 Å². The standard InChI is InChI=1S/C12H14Cl2N2O/c13-10-4-3-9(6-11(10)14)16-12(17)8-2-1-5-15-7-8/h3-4,6,8,15H,1-2,5,7H2,(H,16,17)/t8-/m1/s1. The van der Waals surface area contributed by atoms with E-state index < -0.39 is 0 Å². The van der Waals surface area contributed by atoms with Gasteiger partial charge in [-0.05, 0) is 37.6 Å². The van der Waals surface area contributed by atoms with Gasteiger partial charge in [-0.15, -0.1) is 0 Å². The zero-order valence-electron chi connectivity index (χ0n) is 9.30. The van der Waals surface area contributed by atoms with Crippen molar-refractivity contribution in [2.45, 2.75) is 12.8 Å². The Kier molecular flexibility index (Phi) is 4.26. The van der Waals surface area contributed by atoms with Crippen molar-refractivity contribution in [3.8, 4) is 0 Å². The Hall–Kier alpha value is -0.770. The van der Waals surface area contributed by atoms with Gasteiger partial charge in [0.05, 0.1) is 16.0 Å². The molecule has 0 saturated carbocycles. The average Bonchev–Trinajstić information content (AvgIpc) is 2.35. The quantitative estimate of drug-likeness (QED) is 0.869. The van der Waals surface area contributed by atoms with Crippen LogP contribution in [0.1, 0.15) is 12.8 Å². The number of carbonyl (C=O) groups is 1. The van der Waals surface area contributed by atoms with Gasteiger partial charge in [-0.3, -0.25) is 4.79 Å². The number of hydrogen-bond donors (Lipinski definition) is 2. The first-order chi connectivity index (χ1) is 8.16. The summed E-state index contributed by atoms with van der Waals surface area (Å²) in [5.74, 6) is 0.0776. The molecule has 0 aliphatic carbocycles. The van der Waals surface area contributed by atoms with Crippen LogP contribution in [0, 0.1) is 5.92 Å². The van der Waals surface area contributed by atoms with Crippen molar-refractivity contribution in [1.29, 1.82) is 0 Å². The van der Waals surface area contributed by atoms with Crippen LogP contribution in [0.25, 0.3) is 0 Å². The molecule has 5 heteroatoms. The molecular formula is C12H14Cl2N2O. The van der Waals surface area contributed by atoms with Crippen molar-refractivity contribution in [3.63, 3.8) is 0 Å². The van der Waals surface area contributed by atoms with Crippen LogP contribution < -0.4 is 10.6 Å². The topological polar surface area (TPSA) is 41.1 Å². The van der Waals surface area contributed by atoms with Gasteiger partial charge in [-0.25, -0.2) is 0 Å². The van der Waals surface area contributed by atoms with Gasteiger partial charge in [0.2, 0.25) is 5.91 Å². The van der Waals surface area contributed by atoms with E-state index in [1.54, 1.807) is 18.2 Å². The first-order valence-electron chi connectivity index (χ1n) is 5.63. The molecule has 1 aromatic rings. The van der Waals surface area contributed by atoms with Crippen molar-refractivity contribution in [2.24, 2.45) is 5.92 Å². The Morgan fingerprint density at radius 1 is 1.35 bits per heavy atom. The maximum absolute atomic E-state index is 11.9. The van der Waals surface area contributed by atoms with Crippen molar-refractivity contribution in [3.05, 3.63) is 28.2 Å². The zero-order valence-corrected chi connectivity index (χ0v) is 10.8. The lowest BCUT2D eigenvalue weighted by Gasteiger charge is -2.21. The minimum absolute atomic E-state index is 0.0376. The van der Waals surface area contributed by atoms with Crippen molar-refractivity contribution in [1.82, 2.24) is 5.32 Å². The highest BCUT2D eigenvalue weighted by Crippen LogP contribution is 2.25. The number of nitrogens with one attached hydrogen (secondary N) is 2. The van der Waals surface area contributed by atoms with Crippen LogP contribution in [-0.4, -0.2) is 19.0 Å². The molecule has 92 valence electrons. The second-order valence-electron chi connectivity index (χ2n) is 4.16. The molecule has 3 nitrogen and oxygen atoms in total. The molecule has 1 saturated heterocycles.